The maximum absolute atomic E-state index is 16.3. The molecule has 0 saturated carbocycles. The maximum Gasteiger partial charge on any atom is 0.439 e. The molecule has 2 aromatic carbocycles. The highest BCUT2D eigenvalue weighted by atomic mass is 19.4. The van der Waals surface area contributed by atoms with Crippen molar-refractivity contribution in [1.82, 2.24) is 0 Å². The van der Waals surface area contributed by atoms with E-state index in [-0.39, 0.29) is 23.1 Å². The Labute approximate surface area is 185 Å². The predicted molar refractivity (Wildman–Crippen MR) is 108 cm³/mol. The zero-order valence-electron chi connectivity index (χ0n) is 17.4. The SMILES string of the molecule is CCCc1cccc(C2=C(F)C=CCC2(F)c2cccc(OC(F)(F)C(F)C(F)(F)F)c2)c1. The molecule has 0 saturated heterocycles. The monoisotopic (exact) mass is 476 g/mol. The van der Waals surface area contributed by atoms with Crippen molar-refractivity contribution in [1.29, 1.82) is 0 Å². The molecule has 1 nitrogen and oxygen atoms in total. The highest BCUT2D eigenvalue weighted by molar-refractivity contribution is 5.79. The molecule has 0 aromatic heterocycles. The number of rotatable bonds is 7. The molecule has 0 radical (unpaired) electrons. The van der Waals surface area contributed by atoms with Crippen LogP contribution in [0.3, 0.4) is 0 Å². The van der Waals surface area contributed by atoms with E-state index in [4.69, 9.17) is 0 Å². The number of hydrogen-bond acceptors (Lipinski definition) is 1. The molecular weight excluding hydrogens is 456 g/mol. The van der Waals surface area contributed by atoms with Gasteiger partial charge < -0.3 is 4.74 Å². The first kappa shape index (κ1) is 24.8. The van der Waals surface area contributed by atoms with Crippen molar-refractivity contribution in [3.63, 3.8) is 0 Å². The van der Waals surface area contributed by atoms with E-state index in [9.17, 15) is 30.7 Å². The molecule has 3 rings (SSSR count). The molecule has 33 heavy (non-hydrogen) atoms. The zero-order valence-corrected chi connectivity index (χ0v) is 17.4. The van der Waals surface area contributed by atoms with Crippen molar-refractivity contribution in [2.75, 3.05) is 0 Å². The Kier molecular flexibility index (Phi) is 6.91. The van der Waals surface area contributed by atoms with Gasteiger partial charge in [-0.1, -0.05) is 55.8 Å². The van der Waals surface area contributed by atoms with Gasteiger partial charge in [0.15, 0.2) is 5.67 Å². The molecule has 178 valence electrons. The summed E-state index contributed by atoms with van der Waals surface area (Å²) in [7, 11) is 0. The lowest BCUT2D eigenvalue weighted by atomic mass is 9.78. The molecule has 9 heteroatoms. The summed E-state index contributed by atoms with van der Waals surface area (Å²) >= 11 is 0. The van der Waals surface area contributed by atoms with Gasteiger partial charge in [0.25, 0.3) is 6.17 Å². The van der Waals surface area contributed by atoms with Crippen LogP contribution >= 0.6 is 0 Å². The highest BCUT2D eigenvalue weighted by Crippen LogP contribution is 2.49. The van der Waals surface area contributed by atoms with Crippen LogP contribution < -0.4 is 4.74 Å². The predicted octanol–water partition coefficient (Wildman–Crippen LogP) is 8.02. The van der Waals surface area contributed by atoms with Crippen LogP contribution in [0.2, 0.25) is 0 Å². The second-order valence-electron chi connectivity index (χ2n) is 7.68. The lowest BCUT2D eigenvalue weighted by molar-refractivity contribution is -0.305. The largest absolute Gasteiger partial charge is 0.439 e. The zero-order chi connectivity index (χ0) is 24.4. The fourth-order valence-electron chi connectivity index (χ4n) is 3.70. The molecule has 0 spiro atoms. The number of hydrogen-bond donors (Lipinski definition) is 0. The van der Waals surface area contributed by atoms with E-state index in [0.717, 1.165) is 36.3 Å². The lowest BCUT2D eigenvalue weighted by Gasteiger charge is -2.31. The molecule has 2 aromatic rings. The first-order valence-electron chi connectivity index (χ1n) is 10.1. The third kappa shape index (κ3) is 5.23. The Morgan fingerprint density at radius 2 is 1.73 bits per heavy atom. The van der Waals surface area contributed by atoms with E-state index in [1.807, 2.05) is 6.92 Å². The minimum atomic E-state index is -5.86. The number of allylic oxidation sites excluding steroid dienone is 4. The Hall–Kier alpha value is -2.84. The van der Waals surface area contributed by atoms with Gasteiger partial charge in [-0.25, -0.2) is 13.2 Å². The van der Waals surface area contributed by atoms with Crippen LogP contribution in [0.15, 0.2) is 66.5 Å². The van der Waals surface area contributed by atoms with Crippen LogP contribution in [-0.2, 0) is 12.1 Å². The number of aryl methyl sites for hydroxylation is 1. The van der Waals surface area contributed by atoms with Crippen molar-refractivity contribution >= 4 is 5.57 Å². The smallest absolute Gasteiger partial charge is 0.430 e. The number of ether oxygens (including phenoxy) is 1. The molecule has 2 unspecified atom stereocenters. The second-order valence-corrected chi connectivity index (χ2v) is 7.68. The minimum absolute atomic E-state index is 0.239. The summed E-state index contributed by atoms with van der Waals surface area (Å²) in [5.74, 6) is -1.77. The average Bonchev–Trinajstić information content (AvgIpc) is 2.73. The molecule has 0 bridgehead atoms. The summed E-state index contributed by atoms with van der Waals surface area (Å²) in [6.07, 6.45) is -12.3. The van der Waals surface area contributed by atoms with Gasteiger partial charge in [0, 0.05) is 12.0 Å². The number of alkyl halides is 7. The molecular formula is C24H20F8O. The van der Waals surface area contributed by atoms with Crippen molar-refractivity contribution in [2.45, 2.75) is 50.3 Å². The molecule has 0 fully saturated rings. The second kappa shape index (κ2) is 9.19. The van der Waals surface area contributed by atoms with Gasteiger partial charge in [-0.15, -0.1) is 0 Å². The summed E-state index contributed by atoms with van der Waals surface area (Å²) in [5.41, 5.74) is -2.12. The Morgan fingerprint density at radius 3 is 2.39 bits per heavy atom. The Morgan fingerprint density at radius 1 is 1.03 bits per heavy atom. The standard InChI is InChI=1S/C24H20F8O/c1-2-6-15-7-3-8-16(13-15)20-19(25)11-5-12-22(20,27)17-9-4-10-18(14-17)33-24(31,32)21(26)23(28,29)30/h3-5,7-11,13-14,21H,2,6,12H2,1H3. The van der Waals surface area contributed by atoms with Gasteiger partial charge in [-0.3, -0.25) is 0 Å². The van der Waals surface area contributed by atoms with Crippen LogP contribution in [0.25, 0.3) is 5.57 Å². The first-order valence-corrected chi connectivity index (χ1v) is 10.1. The van der Waals surface area contributed by atoms with Crippen LogP contribution in [0.1, 0.15) is 36.5 Å². The third-order valence-electron chi connectivity index (χ3n) is 5.18. The van der Waals surface area contributed by atoms with Gasteiger partial charge in [0.05, 0.1) is 0 Å². The van der Waals surface area contributed by atoms with Crippen molar-refractivity contribution in [2.24, 2.45) is 0 Å². The van der Waals surface area contributed by atoms with E-state index in [2.05, 4.69) is 4.74 Å². The third-order valence-corrected chi connectivity index (χ3v) is 5.18. The van der Waals surface area contributed by atoms with Gasteiger partial charge >= 0.3 is 12.3 Å². The number of halogens is 8. The van der Waals surface area contributed by atoms with Gasteiger partial charge in [0.2, 0.25) is 0 Å². The van der Waals surface area contributed by atoms with Gasteiger partial charge in [-0.2, -0.15) is 22.0 Å². The normalized spacial score (nSPS) is 20.2. The summed E-state index contributed by atoms with van der Waals surface area (Å²) < 4.78 is 113. The Balaban J connectivity index is 2.01. The van der Waals surface area contributed by atoms with Crippen LogP contribution in [-0.4, -0.2) is 18.5 Å². The van der Waals surface area contributed by atoms with Crippen molar-refractivity contribution in [3.05, 3.63) is 83.2 Å². The van der Waals surface area contributed by atoms with Gasteiger partial charge in [0.1, 0.15) is 11.6 Å². The highest BCUT2D eigenvalue weighted by Gasteiger charge is 2.59. The molecule has 0 heterocycles. The quantitative estimate of drug-likeness (QED) is 0.368. The van der Waals surface area contributed by atoms with Crippen molar-refractivity contribution in [3.8, 4) is 5.75 Å². The van der Waals surface area contributed by atoms with Crippen LogP contribution in [0.4, 0.5) is 35.1 Å². The molecule has 0 aliphatic heterocycles. The van der Waals surface area contributed by atoms with E-state index < -0.39 is 35.7 Å². The summed E-state index contributed by atoms with van der Waals surface area (Å²) in [5, 5.41) is 0. The summed E-state index contributed by atoms with van der Waals surface area (Å²) in [6, 6.07) is 10.4. The van der Waals surface area contributed by atoms with Crippen LogP contribution in [0.5, 0.6) is 5.75 Å². The fourth-order valence-corrected chi connectivity index (χ4v) is 3.70. The van der Waals surface area contributed by atoms with Gasteiger partial charge in [-0.05, 0) is 41.3 Å². The fraction of sp³-hybridized carbons (Fsp3) is 0.333. The molecule has 2 atom stereocenters. The average molecular weight is 476 g/mol. The first-order chi connectivity index (χ1) is 15.4. The summed E-state index contributed by atoms with van der Waals surface area (Å²) in [6.45, 7) is 1.94. The molecule has 1 aliphatic rings. The lowest BCUT2D eigenvalue weighted by Crippen LogP contribution is -2.45. The molecule has 1 aliphatic carbocycles. The maximum atomic E-state index is 16.3. The topological polar surface area (TPSA) is 9.23 Å². The molecule has 0 amide bonds. The van der Waals surface area contributed by atoms with Crippen molar-refractivity contribution < 1.29 is 39.9 Å². The van der Waals surface area contributed by atoms with Crippen LogP contribution in [0, 0.1) is 0 Å². The van der Waals surface area contributed by atoms with E-state index >= 15 is 4.39 Å². The van der Waals surface area contributed by atoms with E-state index in [0.29, 0.717) is 6.42 Å². The van der Waals surface area contributed by atoms with E-state index in [1.165, 1.54) is 18.2 Å². The summed E-state index contributed by atoms with van der Waals surface area (Å²) in [4.78, 5) is 0. The number of benzene rings is 2. The van der Waals surface area contributed by atoms with E-state index in [1.54, 1.807) is 18.2 Å². The Bertz CT molecular complexity index is 1060. The minimum Gasteiger partial charge on any atom is -0.430 e. The molecule has 0 N–H and O–H groups in total.